The molecule has 0 unspecified atom stereocenters. The van der Waals surface area contributed by atoms with Crippen LogP contribution < -0.4 is 0 Å². The largest absolute Gasteiger partial charge is 0.516 e. The topological polar surface area (TPSA) is 55.8 Å². The number of carbonyl (C=O) groups excluding carboxylic acids is 1. The molecule has 0 radical (unpaired) electrons. The van der Waals surface area contributed by atoms with Crippen LogP contribution in [0.1, 0.15) is 31.9 Å². The number of hydrogen-bond donors (Lipinski definition) is 1. The third-order valence-electron chi connectivity index (χ3n) is 2.68. The molecule has 0 bridgehead atoms. The molecule has 0 aliphatic heterocycles. The van der Waals surface area contributed by atoms with Gasteiger partial charge in [0.05, 0.1) is 12.5 Å². The fourth-order valence-electron chi connectivity index (χ4n) is 1.66. The molecule has 0 aliphatic carbocycles. The standard InChI is InChI=1S/C13H16O3.C8H8O/c1-13(2,3)16-12(14)15-10-9-11-7-5-4-6-8-11;9-7-6-8-4-2-1-3-5-8/h4-10H,1-3H3;1-7,9H. The highest BCUT2D eigenvalue weighted by Gasteiger charge is 2.16. The second-order valence-corrected chi connectivity index (χ2v) is 6.02. The molecule has 0 saturated heterocycles. The second-order valence-electron chi connectivity index (χ2n) is 6.02. The van der Waals surface area contributed by atoms with Crippen molar-refractivity contribution in [2.75, 3.05) is 0 Å². The highest BCUT2D eigenvalue weighted by molar-refractivity contribution is 5.62. The van der Waals surface area contributed by atoms with E-state index in [9.17, 15) is 4.79 Å². The summed E-state index contributed by atoms with van der Waals surface area (Å²) >= 11 is 0. The summed E-state index contributed by atoms with van der Waals surface area (Å²) in [6.07, 6.45) is 5.00. The van der Waals surface area contributed by atoms with Crippen LogP contribution in [0, 0.1) is 0 Å². The lowest BCUT2D eigenvalue weighted by Crippen LogP contribution is -2.23. The number of benzene rings is 2. The maximum atomic E-state index is 11.2. The molecular weight excluding hydrogens is 316 g/mol. The van der Waals surface area contributed by atoms with Crippen molar-refractivity contribution >= 4 is 18.3 Å². The van der Waals surface area contributed by atoms with Crippen LogP contribution in [0.25, 0.3) is 12.2 Å². The normalized spacial score (nSPS) is 11.0. The van der Waals surface area contributed by atoms with Gasteiger partial charge < -0.3 is 14.6 Å². The predicted octanol–water partition coefficient (Wildman–Crippen LogP) is 5.82. The minimum Gasteiger partial charge on any atom is -0.516 e. The Morgan fingerprint density at radius 3 is 1.80 bits per heavy atom. The van der Waals surface area contributed by atoms with Crippen LogP contribution in [0.15, 0.2) is 73.2 Å². The molecule has 4 nitrogen and oxygen atoms in total. The van der Waals surface area contributed by atoms with E-state index in [2.05, 4.69) is 0 Å². The van der Waals surface area contributed by atoms with Crippen LogP contribution in [0.4, 0.5) is 4.79 Å². The van der Waals surface area contributed by atoms with Crippen molar-refractivity contribution in [1.82, 2.24) is 0 Å². The fourth-order valence-corrected chi connectivity index (χ4v) is 1.66. The first-order chi connectivity index (χ1) is 11.9. The zero-order valence-electron chi connectivity index (χ0n) is 14.8. The number of hydrogen-bond acceptors (Lipinski definition) is 4. The molecular formula is C21H24O4. The van der Waals surface area contributed by atoms with E-state index in [1.54, 1.807) is 32.9 Å². The van der Waals surface area contributed by atoms with Crippen molar-refractivity contribution < 1.29 is 19.4 Å². The van der Waals surface area contributed by atoms with Gasteiger partial charge in [-0.1, -0.05) is 60.7 Å². The zero-order valence-corrected chi connectivity index (χ0v) is 14.8. The number of aliphatic hydroxyl groups is 1. The number of carbonyl (C=O) groups is 1. The molecule has 0 saturated carbocycles. The van der Waals surface area contributed by atoms with Gasteiger partial charge in [0.15, 0.2) is 0 Å². The molecule has 0 atom stereocenters. The molecule has 2 aromatic carbocycles. The smallest absolute Gasteiger partial charge is 0.513 e. The van der Waals surface area contributed by atoms with Crippen molar-refractivity contribution in [1.29, 1.82) is 0 Å². The summed E-state index contributed by atoms with van der Waals surface area (Å²) in [6.45, 7) is 5.36. The summed E-state index contributed by atoms with van der Waals surface area (Å²) in [5.74, 6) is 0. The Hall–Kier alpha value is -3.01. The van der Waals surface area contributed by atoms with Gasteiger partial charge in [-0.15, -0.1) is 0 Å². The Morgan fingerprint density at radius 1 is 0.880 bits per heavy atom. The summed E-state index contributed by atoms with van der Waals surface area (Å²) < 4.78 is 9.74. The molecule has 0 heterocycles. The predicted molar refractivity (Wildman–Crippen MR) is 101 cm³/mol. The van der Waals surface area contributed by atoms with Gasteiger partial charge in [-0.05, 0) is 44.1 Å². The first-order valence-corrected chi connectivity index (χ1v) is 7.88. The lowest BCUT2D eigenvalue weighted by atomic mass is 10.2. The maximum Gasteiger partial charge on any atom is 0.513 e. The number of rotatable bonds is 3. The first kappa shape index (κ1) is 20.0. The summed E-state index contributed by atoms with van der Waals surface area (Å²) in [4.78, 5) is 11.2. The van der Waals surface area contributed by atoms with E-state index in [4.69, 9.17) is 14.6 Å². The van der Waals surface area contributed by atoms with Crippen LogP contribution in [-0.2, 0) is 9.47 Å². The van der Waals surface area contributed by atoms with Gasteiger partial charge in [0.2, 0.25) is 0 Å². The molecule has 2 aromatic rings. The molecule has 0 spiro atoms. The zero-order chi connectivity index (χ0) is 18.5. The molecule has 0 aromatic heterocycles. The van der Waals surface area contributed by atoms with Crippen LogP contribution in [0.3, 0.4) is 0 Å². The molecule has 0 fully saturated rings. The van der Waals surface area contributed by atoms with Gasteiger partial charge in [-0.2, -0.15) is 0 Å². The average molecular weight is 340 g/mol. The fraction of sp³-hybridized carbons (Fsp3) is 0.190. The van der Waals surface area contributed by atoms with Crippen molar-refractivity contribution in [3.8, 4) is 0 Å². The Balaban J connectivity index is 0.000000293. The summed E-state index contributed by atoms with van der Waals surface area (Å²) in [5.41, 5.74) is 1.45. The molecule has 1 N–H and O–H groups in total. The van der Waals surface area contributed by atoms with Crippen molar-refractivity contribution in [2.24, 2.45) is 0 Å². The molecule has 0 aliphatic rings. The van der Waals surface area contributed by atoms with E-state index in [0.717, 1.165) is 17.4 Å². The second kappa shape index (κ2) is 10.7. The van der Waals surface area contributed by atoms with Crippen molar-refractivity contribution in [3.63, 3.8) is 0 Å². The Labute approximate surface area is 149 Å². The maximum absolute atomic E-state index is 11.2. The van der Waals surface area contributed by atoms with Crippen LogP contribution in [0.2, 0.25) is 0 Å². The van der Waals surface area contributed by atoms with E-state index >= 15 is 0 Å². The van der Waals surface area contributed by atoms with E-state index in [-0.39, 0.29) is 0 Å². The molecule has 4 heteroatoms. The van der Waals surface area contributed by atoms with Crippen LogP contribution in [-0.4, -0.2) is 16.9 Å². The van der Waals surface area contributed by atoms with E-state index in [1.807, 2.05) is 60.7 Å². The van der Waals surface area contributed by atoms with E-state index in [0.29, 0.717) is 0 Å². The highest BCUT2D eigenvalue weighted by atomic mass is 16.7. The Morgan fingerprint density at radius 2 is 1.36 bits per heavy atom. The SMILES string of the molecule is CC(C)(C)OC(=O)OC=Cc1ccccc1.OC=Cc1ccccc1. The highest BCUT2D eigenvalue weighted by Crippen LogP contribution is 2.08. The number of aliphatic hydroxyl groups excluding tert-OH is 1. The van der Waals surface area contributed by atoms with Crippen molar-refractivity contribution in [3.05, 3.63) is 84.3 Å². The molecule has 25 heavy (non-hydrogen) atoms. The van der Waals surface area contributed by atoms with Gasteiger partial charge in [-0.3, -0.25) is 0 Å². The van der Waals surface area contributed by atoms with Gasteiger partial charge in [0.1, 0.15) is 5.60 Å². The van der Waals surface area contributed by atoms with Crippen LogP contribution in [0.5, 0.6) is 0 Å². The third kappa shape index (κ3) is 10.4. The Kier molecular flexibility index (Phi) is 8.58. The summed E-state index contributed by atoms with van der Waals surface area (Å²) in [5, 5.41) is 8.34. The summed E-state index contributed by atoms with van der Waals surface area (Å²) in [6, 6.07) is 19.2. The van der Waals surface area contributed by atoms with Crippen LogP contribution >= 0.6 is 0 Å². The first-order valence-electron chi connectivity index (χ1n) is 7.88. The van der Waals surface area contributed by atoms with E-state index in [1.165, 1.54) is 6.26 Å². The molecule has 0 amide bonds. The monoisotopic (exact) mass is 340 g/mol. The van der Waals surface area contributed by atoms with Crippen molar-refractivity contribution in [2.45, 2.75) is 26.4 Å². The van der Waals surface area contributed by atoms with Gasteiger partial charge in [0.25, 0.3) is 0 Å². The minimum absolute atomic E-state index is 0.530. The van der Waals surface area contributed by atoms with Gasteiger partial charge in [-0.25, -0.2) is 4.79 Å². The molecule has 132 valence electrons. The lowest BCUT2D eigenvalue weighted by molar-refractivity contribution is 0.0113. The number of ether oxygens (including phenoxy) is 2. The quantitative estimate of drug-likeness (QED) is 0.564. The van der Waals surface area contributed by atoms with E-state index < -0.39 is 11.8 Å². The summed E-state index contributed by atoms with van der Waals surface area (Å²) in [7, 11) is 0. The van der Waals surface area contributed by atoms with Gasteiger partial charge in [0, 0.05) is 0 Å². The third-order valence-corrected chi connectivity index (χ3v) is 2.68. The lowest BCUT2D eigenvalue weighted by Gasteiger charge is -2.17. The molecule has 2 rings (SSSR count). The average Bonchev–Trinajstić information content (AvgIpc) is 2.56. The van der Waals surface area contributed by atoms with Gasteiger partial charge >= 0.3 is 6.16 Å². The Bertz CT molecular complexity index is 668. The minimum atomic E-state index is -0.695.